The van der Waals surface area contributed by atoms with Crippen molar-refractivity contribution in [1.82, 2.24) is 4.57 Å². The van der Waals surface area contributed by atoms with E-state index in [-0.39, 0.29) is 29.9 Å². The lowest BCUT2D eigenvalue weighted by atomic mass is 9.96. The molecular formula is C31H25FN2O6S. The van der Waals surface area contributed by atoms with Gasteiger partial charge in [-0.05, 0) is 73.0 Å². The van der Waals surface area contributed by atoms with Crippen LogP contribution in [0.5, 0.6) is 5.75 Å². The number of nitrogens with zero attached hydrogens (tertiary/aromatic N) is 2. The smallest absolute Gasteiger partial charge is 0.338 e. The third-order valence-electron chi connectivity index (χ3n) is 6.49. The number of hydrogen-bond acceptors (Lipinski definition) is 7. The van der Waals surface area contributed by atoms with E-state index in [1.54, 1.807) is 56.3 Å². The molecule has 0 radical (unpaired) electrons. The van der Waals surface area contributed by atoms with Crippen LogP contribution in [-0.4, -0.2) is 28.2 Å². The van der Waals surface area contributed by atoms with Gasteiger partial charge >= 0.3 is 11.9 Å². The number of rotatable bonds is 8. The molecule has 0 saturated heterocycles. The van der Waals surface area contributed by atoms with Gasteiger partial charge in [0.2, 0.25) is 0 Å². The van der Waals surface area contributed by atoms with Gasteiger partial charge in [-0.15, -0.1) is 0 Å². The average Bonchev–Trinajstić information content (AvgIpc) is 3.26. The van der Waals surface area contributed by atoms with Gasteiger partial charge in [0.05, 0.1) is 34.0 Å². The number of carboxylic acid groups (broad SMARTS) is 1. The molecule has 0 amide bonds. The van der Waals surface area contributed by atoms with E-state index in [0.29, 0.717) is 26.3 Å². The van der Waals surface area contributed by atoms with Crippen molar-refractivity contribution >= 4 is 29.4 Å². The van der Waals surface area contributed by atoms with Gasteiger partial charge in [-0.2, -0.15) is 0 Å². The molecule has 4 aromatic rings. The molecule has 3 aromatic carbocycles. The second-order valence-electron chi connectivity index (χ2n) is 9.21. The number of halogens is 1. The molecule has 10 heteroatoms. The number of aromatic carboxylic acids is 1. The van der Waals surface area contributed by atoms with Crippen LogP contribution in [0.2, 0.25) is 0 Å². The molecule has 0 unspecified atom stereocenters. The van der Waals surface area contributed by atoms with Crippen LogP contribution in [0.1, 0.15) is 46.9 Å². The Morgan fingerprint density at radius 3 is 2.37 bits per heavy atom. The molecule has 0 bridgehead atoms. The molecule has 41 heavy (non-hydrogen) atoms. The van der Waals surface area contributed by atoms with Crippen molar-refractivity contribution in [2.75, 3.05) is 6.61 Å². The summed E-state index contributed by atoms with van der Waals surface area (Å²) in [6, 6.07) is 18.5. The summed E-state index contributed by atoms with van der Waals surface area (Å²) in [5.74, 6) is -1.38. The van der Waals surface area contributed by atoms with Crippen molar-refractivity contribution in [3.05, 3.63) is 132 Å². The first-order chi connectivity index (χ1) is 19.7. The number of carbonyl (C=O) groups excluding carboxylic acids is 1. The summed E-state index contributed by atoms with van der Waals surface area (Å²) in [6.07, 6.45) is 1.74. The van der Waals surface area contributed by atoms with Crippen LogP contribution in [0.15, 0.2) is 93.9 Å². The highest BCUT2D eigenvalue weighted by molar-refractivity contribution is 7.07. The van der Waals surface area contributed by atoms with Gasteiger partial charge in [0.25, 0.3) is 5.56 Å². The van der Waals surface area contributed by atoms with Crippen molar-refractivity contribution in [2.45, 2.75) is 26.5 Å². The maximum atomic E-state index is 13.7. The number of esters is 1. The van der Waals surface area contributed by atoms with Gasteiger partial charge < -0.3 is 14.6 Å². The Hall–Kier alpha value is -4.83. The summed E-state index contributed by atoms with van der Waals surface area (Å²) in [5, 5.41) is 9.03. The Balaban J connectivity index is 1.44. The summed E-state index contributed by atoms with van der Waals surface area (Å²) in [6.45, 7) is 3.82. The van der Waals surface area contributed by atoms with Crippen LogP contribution in [0, 0.1) is 5.82 Å². The summed E-state index contributed by atoms with van der Waals surface area (Å²) in [7, 11) is 0. The van der Waals surface area contributed by atoms with Gasteiger partial charge in [0.1, 0.15) is 18.2 Å². The molecule has 2 heterocycles. The molecule has 8 nitrogen and oxygen atoms in total. The van der Waals surface area contributed by atoms with E-state index in [0.717, 1.165) is 11.1 Å². The van der Waals surface area contributed by atoms with Crippen LogP contribution in [-0.2, 0) is 16.1 Å². The summed E-state index contributed by atoms with van der Waals surface area (Å²) >= 11 is 1.20. The number of ether oxygens (including phenoxy) is 2. The van der Waals surface area contributed by atoms with Crippen molar-refractivity contribution < 1.29 is 28.6 Å². The van der Waals surface area contributed by atoms with E-state index in [9.17, 15) is 18.8 Å². The van der Waals surface area contributed by atoms with Gasteiger partial charge in [-0.3, -0.25) is 9.36 Å². The fraction of sp³-hybridized carbons (Fsp3) is 0.161. The van der Waals surface area contributed by atoms with Crippen molar-refractivity contribution in [3.63, 3.8) is 0 Å². The van der Waals surface area contributed by atoms with E-state index in [1.165, 1.54) is 40.2 Å². The summed E-state index contributed by atoms with van der Waals surface area (Å²) in [5.41, 5.74) is 2.69. The zero-order valence-corrected chi connectivity index (χ0v) is 23.0. The predicted molar refractivity (Wildman–Crippen MR) is 151 cm³/mol. The molecule has 0 aliphatic carbocycles. The molecule has 1 aliphatic rings. The van der Waals surface area contributed by atoms with E-state index in [2.05, 4.69) is 4.99 Å². The molecule has 0 saturated carbocycles. The number of fused-ring (bicyclic) bond motifs is 1. The number of carboxylic acids is 1. The first-order valence-electron chi connectivity index (χ1n) is 12.8. The molecule has 0 fully saturated rings. The zero-order valence-electron chi connectivity index (χ0n) is 22.2. The van der Waals surface area contributed by atoms with Crippen molar-refractivity contribution in [3.8, 4) is 5.75 Å². The molecule has 208 valence electrons. The minimum absolute atomic E-state index is 0.160. The lowest BCUT2D eigenvalue weighted by molar-refractivity contribution is -0.139. The van der Waals surface area contributed by atoms with Gasteiger partial charge in [0.15, 0.2) is 4.80 Å². The standard InChI is InChI=1S/C31H25FN2O6S/c1-3-39-30(38)26-18(2)33-31-34(27(26)21-10-12-23(32)13-11-21)28(35)25(41-31)16-19-6-14-24(15-7-19)40-17-20-4-8-22(9-5-20)29(36)37/h4-16,27H,3,17H2,1-2H3,(H,36,37)/b25-16+/t27-/m0/s1. The normalized spacial score (nSPS) is 14.8. The first-order valence-corrected chi connectivity index (χ1v) is 13.6. The third-order valence-corrected chi connectivity index (χ3v) is 7.47. The lowest BCUT2D eigenvalue weighted by Gasteiger charge is -2.24. The Kier molecular flexibility index (Phi) is 7.93. The van der Waals surface area contributed by atoms with E-state index < -0.39 is 23.8 Å². The Labute approximate surface area is 238 Å². The van der Waals surface area contributed by atoms with E-state index in [1.807, 2.05) is 12.1 Å². The first kappa shape index (κ1) is 27.7. The number of hydrogen-bond donors (Lipinski definition) is 1. The fourth-order valence-electron chi connectivity index (χ4n) is 4.47. The molecule has 1 aromatic heterocycles. The number of thiazole rings is 1. The molecule has 0 spiro atoms. The van der Waals surface area contributed by atoms with Crippen molar-refractivity contribution in [1.29, 1.82) is 0 Å². The van der Waals surface area contributed by atoms with Gasteiger partial charge in [-0.1, -0.05) is 47.7 Å². The maximum absolute atomic E-state index is 13.7. The Morgan fingerprint density at radius 2 is 1.73 bits per heavy atom. The number of benzene rings is 3. The highest BCUT2D eigenvalue weighted by Crippen LogP contribution is 2.30. The third kappa shape index (κ3) is 5.87. The fourth-order valence-corrected chi connectivity index (χ4v) is 5.52. The Bertz CT molecular complexity index is 1820. The quantitative estimate of drug-likeness (QED) is 0.317. The van der Waals surface area contributed by atoms with Gasteiger partial charge in [-0.25, -0.2) is 19.0 Å². The topological polar surface area (TPSA) is 107 Å². The minimum atomic E-state index is -0.985. The summed E-state index contributed by atoms with van der Waals surface area (Å²) in [4.78, 5) is 42.6. The largest absolute Gasteiger partial charge is 0.489 e. The highest BCUT2D eigenvalue weighted by Gasteiger charge is 2.33. The monoisotopic (exact) mass is 572 g/mol. The number of aromatic nitrogens is 1. The Morgan fingerprint density at radius 1 is 1.05 bits per heavy atom. The molecule has 1 N–H and O–H groups in total. The SMILES string of the molecule is CCOC(=O)C1=C(C)N=c2s/c(=C/c3ccc(OCc4ccc(C(=O)O)cc4)cc3)c(=O)n2[C@H]1c1ccc(F)cc1. The van der Waals surface area contributed by atoms with E-state index in [4.69, 9.17) is 14.6 Å². The second kappa shape index (κ2) is 11.7. The molecule has 1 atom stereocenters. The van der Waals surface area contributed by atoms with Crippen LogP contribution >= 0.6 is 11.3 Å². The zero-order chi connectivity index (χ0) is 29.1. The van der Waals surface area contributed by atoms with E-state index >= 15 is 0 Å². The number of carbonyl (C=O) groups is 2. The highest BCUT2D eigenvalue weighted by atomic mass is 32.1. The lowest BCUT2D eigenvalue weighted by Crippen LogP contribution is -2.39. The predicted octanol–water partition coefficient (Wildman–Crippen LogP) is 4.21. The average molecular weight is 573 g/mol. The second-order valence-corrected chi connectivity index (χ2v) is 10.2. The van der Waals surface area contributed by atoms with Gasteiger partial charge in [0, 0.05) is 0 Å². The van der Waals surface area contributed by atoms with Crippen LogP contribution in [0.3, 0.4) is 0 Å². The molecule has 5 rings (SSSR count). The molecule has 1 aliphatic heterocycles. The van der Waals surface area contributed by atoms with Crippen LogP contribution in [0.25, 0.3) is 6.08 Å². The van der Waals surface area contributed by atoms with Crippen LogP contribution < -0.4 is 19.6 Å². The maximum Gasteiger partial charge on any atom is 0.338 e. The van der Waals surface area contributed by atoms with Crippen LogP contribution in [0.4, 0.5) is 4.39 Å². The number of allylic oxidation sites excluding steroid dienone is 1. The molecular weight excluding hydrogens is 547 g/mol. The summed E-state index contributed by atoms with van der Waals surface area (Å²) < 4.78 is 26.7. The van der Waals surface area contributed by atoms with Crippen molar-refractivity contribution in [2.24, 2.45) is 4.99 Å². The minimum Gasteiger partial charge on any atom is -0.489 e.